The zero-order valence-corrected chi connectivity index (χ0v) is 11.1. The number of carbonyl (C=O) groups is 1. The highest BCUT2D eigenvalue weighted by Gasteiger charge is 2.33. The van der Waals surface area contributed by atoms with E-state index in [0.29, 0.717) is 25.6 Å². The van der Waals surface area contributed by atoms with Gasteiger partial charge in [-0.05, 0) is 24.8 Å². The third-order valence-electron chi connectivity index (χ3n) is 3.81. The first-order chi connectivity index (χ1) is 9.19. The van der Waals surface area contributed by atoms with Crippen LogP contribution in [0.25, 0.3) is 0 Å². The lowest BCUT2D eigenvalue weighted by Crippen LogP contribution is -2.40. The molecule has 1 fully saturated rings. The quantitative estimate of drug-likeness (QED) is 0.851. The fourth-order valence-electron chi connectivity index (χ4n) is 2.51. The highest BCUT2D eigenvalue weighted by Crippen LogP contribution is 2.40. The number of rotatable bonds is 4. The maximum atomic E-state index is 11.8. The molecule has 6 heteroatoms. The van der Waals surface area contributed by atoms with E-state index in [1.54, 1.807) is 4.90 Å². The molecule has 1 aliphatic carbocycles. The molecule has 1 atom stereocenters. The summed E-state index contributed by atoms with van der Waals surface area (Å²) in [6.45, 7) is 2.00. The molecular weight excluding hydrogens is 246 g/mol. The molecule has 1 aliphatic heterocycles. The van der Waals surface area contributed by atoms with Gasteiger partial charge in [0.15, 0.2) is 0 Å². The second kappa shape index (κ2) is 4.94. The Kier molecular flexibility index (Phi) is 3.28. The number of methoxy groups -OCH3 is 1. The smallest absolute Gasteiger partial charge is 0.248 e. The number of hydrogen-bond acceptors (Lipinski definition) is 4. The standard InChI is InChI=1S/C13H19N3O3/c1-19-8-12(17)15-4-5-16-10(7-15)6-11(14-16)13(18)9-2-3-9/h6,9,13,18H,2-5,7-8H2,1H3/t13-/m0/s1. The average molecular weight is 265 g/mol. The Hall–Kier alpha value is -1.40. The van der Waals surface area contributed by atoms with Crippen molar-refractivity contribution >= 4 is 5.91 Å². The first-order valence-electron chi connectivity index (χ1n) is 6.70. The van der Waals surface area contributed by atoms with Crippen LogP contribution in [0.1, 0.15) is 30.3 Å². The molecule has 19 heavy (non-hydrogen) atoms. The van der Waals surface area contributed by atoms with Crippen molar-refractivity contribution in [2.45, 2.75) is 32.0 Å². The van der Waals surface area contributed by atoms with E-state index in [0.717, 1.165) is 24.2 Å². The van der Waals surface area contributed by atoms with Crippen LogP contribution in [0.15, 0.2) is 6.07 Å². The van der Waals surface area contributed by atoms with Crippen LogP contribution in [0.2, 0.25) is 0 Å². The molecule has 2 heterocycles. The average Bonchev–Trinajstić information content (AvgIpc) is 3.16. The lowest BCUT2D eigenvalue weighted by atomic mass is 10.1. The predicted octanol–water partition coefficient (Wildman–Crippen LogP) is 0.315. The van der Waals surface area contributed by atoms with Gasteiger partial charge in [0.2, 0.25) is 5.91 Å². The van der Waals surface area contributed by atoms with E-state index < -0.39 is 6.10 Å². The summed E-state index contributed by atoms with van der Waals surface area (Å²) in [7, 11) is 1.52. The van der Waals surface area contributed by atoms with E-state index in [2.05, 4.69) is 5.10 Å². The molecule has 0 unspecified atom stereocenters. The van der Waals surface area contributed by atoms with Gasteiger partial charge in [-0.3, -0.25) is 9.48 Å². The summed E-state index contributed by atoms with van der Waals surface area (Å²) in [5, 5.41) is 14.5. The van der Waals surface area contributed by atoms with Gasteiger partial charge in [0.1, 0.15) is 12.7 Å². The molecular formula is C13H19N3O3. The Morgan fingerprint density at radius 3 is 3.05 bits per heavy atom. The summed E-state index contributed by atoms with van der Waals surface area (Å²) >= 11 is 0. The van der Waals surface area contributed by atoms with Crippen molar-refractivity contribution in [2.75, 3.05) is 20.3 Å². The van der Waals surface area contributed by atoms with Crippen LogP contribution >= 0.6 is 0 Å². The van der Waals surface area contributed by atoms with Gasteiger partial charge in [-0.15, -0.1) is 0 Å². The Balaban J connectivity index is 1.72. The summed E-state index contributed by atoms with van der Waals surface area (Å²) in [5.41, 5.74) is 1.74. The number of aliphatic hydroxyl groups is 1. The van der Waals surface area contributed by atoms with Gasteiger partial charge >= 0.3 is 0 Å². The molecule has 0 bridgehead atoms. The normalized spacial score (nSPS) is 20.2. The second-order valence-corrected chi connectivity index (χ2v) is 5.31. The minimum Gasteiger partial charge on any atom is -0.386 e. The first kappa shape index (κ1) is 12.6. The highest BCUT2D eigenvalue weighted by atomic mass is 16.5. The maximum Gasteiger partial charge on any atom is 0.248 e. The molecule has 0 spiro atoms. The van der Waals surface area contributed by atoms with Crippen molar-refractivity contribution < 1.29 is 14.6 Å². The molecule has 6 nitrogen and oxygen atoms in total. The topological polar surface area (TPSA) is 67.6 Å². The summed E-state index contributed by atoms with van der Waals surface area (Å²) < 4.78 is 6.77. The summed E-state index contributed by atoms with van der Waals surface area (Å²) in [6.07, 6.45) is 1.73. The van der Waals surface area contributed by atoms with Crippen LogP contribution in [0.3, 0.4) is 0 Å². The van der Waals surface area contributed by atoms with Gasteiger partial charge in [-0.2, -0.15) is 5.10 Å². The summed E-state index contributed by atoms with van der Waals surface area (Å²) in [4.78, 5) is 13.6. The molecule has 1 aromatic heterocycles. The van der Waals surface area contributed by atoms with E-state index in [-0.39, 0.29) is 12.5 Å². The largest absolute Gasteiger partial charge is 0.386 e. The molecule has 1 N–H and O–H groups in total. The van der Waals surface area contributed by atoms with Crippen LogP contribution < -0.4 is 0 Å². The molecule has 0 saturated heterocycles. The number of carbonyl (C=O) groups excluding carboxylic acids is 1. The fourth-order valence-corrected chi connectivity index (χ4v) is 2.51. The summed E-state index contributed by atoms with van der Waals surface area (Å²) in [6, 6.07) is 1.93. The molecule has 0 aromatic carbocycles. The predicted molar refractivity (Wildman–Crippen MR) is 67.2 cm³/mol. The minimum absolute atomic E-state index is 0.000702. The molecule has 0 radical (unpaired) electrons. The van der Waals surface area contributed by atoms with E-state index in [1.165, 1.54) is 7.11 Å². The number of ether oxygens (including phenoxy) is 1. The van der Waals surface area contributed by atoms with Gasteiger partial charge in [-0.25, -0.2) is 0 Å². The van der Waals surface area contributed by atoms with Crippen molar-refractivity contribution in [1.29, 1.82) is 0 Å². The Morgan fingerprint density at radius 2 is 2.37 bits per heavy atom. The van der Waals surface area contributed by atoms with Gasteiger partial charge in [0.25, 0.3) is 0 Å². The van der Waals surface area contributed by atoms with Crippen molar-refractivity contribution in [3.05, 3.63) is 17.5 Å². The minimum atomic E-state index is -0.443. The number of aromatic nitrogens is 2. The Bertz CT molecular complexity index is 481. The van der Waals surface area contributed by atoms with Gasteiger partial charge in [0.05, 0.1) is 24.5 Å². The monoisotopic (exact) mass is 265 g/mol. The van der Waals surface area contributed by atoms with Crippen LogP contribution in [0.4, 0.5) is 0 Å². The molecule has 1 amide bonds. The van der Waals surface area contributed by atoms with Crippen molar-refractivity contribution in [1.82, 2.24) is 14.7 Å². The van der Waals surface area contributed by atoms with Crippen LogP contribution in [-0.2, 0) is 22.6 Å². The number of nitrogens with zero attached hydrogens (tertiary/aromatic N) is 3. The van der Waals surface area contributed by atoms with E-state index >= 15 is 0 Å². The fraction of sp³-hybridized carbons (Fsp3) is 0.692. The molecule has 1 aromatic rings. The second-order valence-electron chi connectivity index (χ2n) is 5.31. The van der Waals surface area contributed by atoms with Crippen LogP contribution in [0.5, 0.6) is 0 Å². The third-order valence-corrected chi connectivity index (χ3v) is 3.81. The molecule has 3 rings (SSSR count). The van der Waals surface area contributed by atoms with E-state index in [1.807, 2.05) is 10.7 Å². The molecule has 1 saturated carbocycles. The SMILES string of the molecule is COCC(=O)N1CCn2nc([C@@H](O)C3CC3)cc2C1. The Labute approximate surface area is 112 Å². The lowest BCUT2D eigenvalue weighted by Gasteiger charge is -2.27. The van der Waals surface area contributed by atoms with E-state index in [4.69, 9.17) is 4.74 Å². The van der Waals surface area contributed by atoms with Crippen molar-refractivity contribution in [3.8, 4) is 0 Å². The number of amides is 1. The molecule has 104 valence electrons. The number of hydrogen-bond donors (Lipinski definition) is 1. The third kappa shape index (κ3) is 2.50. The maximum absolute atomic E-state index is 11.8. The van der Waals surface area contributed by atoms with Crippen LogP contribution in [0, 0.1) is 5.92 Å². The number of fused-ring (bicyclic) bond motifs is 1. The highest BCUT2D eigenvalue weighted by molar-refractivity contribution is 5.77. The van der Waals surface area contributed by atoms with Crippen molar-refractivity contribution in [2.24, 2.45) is 5.92 Å². The van der Waals surface area contributed by atoms with Crippen molar-refractivity contribution in [3.63, 3.8) is 0 Å². The summed E-state index contributed by atoms with van der Waals surface area (Å²) in [5.74, 6) is 0.377. The molecule has 2 aliphatic rings. The first-order valence-corrected chi connectivity index (χ1v) is 6.70. The lowest BCUT2D eigenvalue weighted by molar-refractivity contribution is -0.136. The zero-order valence-electron chi connectivity index (χ0n) is 11.1. The van der Waals surface area contributed by atoms with Gasteiger partial charge < -0.3 is 14.7 Å². The zero-order chi connectivity index (χ0) is 13.4. The van der Waals surface area contributed by atoms with E-state index in [9.17, 15) is 9.90 Å². The van der Waals surface area contributed by atoms with Crippen LogP contribution in [-0.4, -0.2) is 46.0 Å². The van der Waals surface area contributed by atoms with Gasteiger partial charge in [0, 0.05) is 13.7 Å². The Morgan fingerprint density at radius 1 is 1.58 bits per heavy atom. The number of aliphatic hydroxyl groups excluding tert-OH is 1. The van der Waals surface area contributed by atoms with Gasteiger partial charge in [-0.1, -0.05) is 0 Å².